The maximum Gasteiger partial charge on any atom is 0.208 e. The van der Waals surface area contributed by atoms with Gasteiger partial charge < -0.3 is 15.3 Å². The van der Waals surface area contributed by atoms with Gasteiger partial charge in [-0.15, -0.1) is 10.2 Å². The second-order valence-electron chi connectivity index (χ2n) is 7.41. The average Bonchev–Trinajstić information content (AvgIpc) is 3.44. The number of phenols is 1. The van der Waals surface area contributed by atoms with Crippen molar-refractivity contribution in [1.29, 1.82) is 0 Å². The molecule has 1 fully saturated rings. The molecule has 4 heterocycles. The fraction of sp³-hybridized carbons (Fsp3) is 0.368. The summed E-state index contributed by atoms with van der Waals surface area (Å²) in [7, 11) is 1.85. The standard InChI is InChI=1S/C19H20FN7OS/c1-10-9-21-27(25-10)12-4-5-13(16(28)8-12)18-23-24-19(29-18)26(2)15-7-11-3-6-14(22-11)17(15)20/h3-6,8-9,11,14-15,17,22,28H,7H2,1-2H3/t11-,14+,15-,17-/m0/s1. The molecule has 29 heavy (non-hydrogen) atoms. The summed E-state index contributed by atoms with van der Waals surface area (Å²) in [6, 6.07) is 4.85. The first-order valence-electron chi connectivity index (χ1n) is 9.37. The minimum Gasteiger partial charge on any atom is -0.507 e. The smallest absolute Gasteiger partial charge is 0.208 e. The van der Waals surface area contributed by atoms with E-state index in [9.17, 15) is 9.50 Å². The summed E-state index contributed by atoms with van der Waals surface area (Å²) in [5.41, 5.74) is 2.01. The van der Waals surface area contributed by atoms with E-state index < -0.39 is 6.17 Å². The molecule has 3 aromatic rings. The van der Waals surface area contributed by atoms with Gasteiger partial charge in [0.2, 0.25) is 5.13 Å². The summed E-state index contributed by atoms with van der Waals surface area (Å²) < 4.78 is 14.8. The number of rotatable bonds is 4. The third kappa shape index (κ3) is 3.18. The number of hydrogen-bond donors (Lipinski definition) is 2. The Morgan fingerprint density at radius 3 is 2.93 bits per heavy atom. The zero-order valence-corrected chi connectivity index (χ0v) is 16.7. The lowest BCUT2D eigenvalue weighted by Gasteiger charge is -2.38. The molecule has 0 radical (unpaired) electrons. The first kappa shape index (κ1) is 18.2. The third-order valence-electron chi connectivity index (χ3n) is 5.43. The molecular formula is C19H20FN7OS. The van der Waals surface area contributed by atoms with Crippen LogP contribution in [0, 0.1) is 6.92 Å². The third-order valence-corrected chi connectivity index (χ3v) is 6.47. The topological polar surface area (TPSA) is 92.0 Å². The van der Waals surface area contributed by atoms with Crippen LogP contribution in [0.15, 0.2) is 36.5 Å². The van der Waals surface area contributed by atoms with E-state index in [0.29, 0.717) is 27.8 Å². The van der Waals surface area contributed by atoms with Gasteiger partial charge in [0.25, 0.3) is 0 Å². The number of alkyl halides is 1. The number of nitrogens with zero attached hydrogens (tertiary/aromatic N) is 6. The van der Waals surface area contributed by atoms with Gasteiger partial charge in [-0.2, -0.15) is 15.0 Å². The first-order chi connectivity index (χ1) is 14.0. The van der Waals surface area contributed by atoms with Gasteiger partial charge in [-0.3, -0.25) is 0 Å². The predicted octanol–water partition coefficient (Wildman–Crippen LogP) is 2.24. The van der Waals surface area contributed by atoms with Gasteiger partial charge >= 0.3 is 0 Å². The van der Waals surface area contributed by atoms with Gasteiger partial charge in [-0.1, -0.05) is 23.5 Å². The SMILES string of the molecule is Cc1cnn(-c2ccc(-c3nnc(N(C)[C@H]4C[C@@H]5C=C[C@@H](N5)[C@@H]4F)s3)c(O)c2)n1. The molecule has 0 aliphatic carbocycles. The predicted molar refractivity (Wildman–Crippen MR) is 108 cm³/mol. The maximum absolute atomic E-state index is 14.8. The van der Waals surface area contributed by atoms with Gasteiger partial charge in [-0.25, -0.2) is 4.39 Å². The summed E-state index contributed by atoms with van der Waals surface area (Å²) in [5, 5.41) is 31.8. The molecule has 10 heteroatoms. The molecule has 4 atom stereocenters. The van der Waals surface area contributed by atoms with E-state index in [4.69, 9.17) is 0 Å². The van der Waals surface area contributed by atoms with Gasteiger partial charge in [0.1, 0.15) is 11.9 Å². The Morgan fingerprint density at radius 1 is 1.31 bits per heavy atom. The van der Waals surface area contributed by atoms with Crippen molar-refractivity contribution in [2.24, 2.45) is 0 Å². The number of aromatic hydroxyl groups is 1. The Hall–Kier alpha value is -2.85. The van der Waals surface area contributed by atoms with Crippen molar-refractivity contribution in [2.75, 3.05) is 11.9 Å². The van der Waals surface area contributed by atoms with Crippen LogP contribution in [-0.2, 0) is 0 Å². The minimum atomic E-state index is -1.01. The van der Waals surface area contributed by atoms with Crippen LogP contribution in [0.3, 0.4) is 0 Å². The van der Waals surface area contributed by atoms with E-state index in [1.54, 1.807) is 18.3 Å². The van der Waals surface area contributed by atoms with E-state index in [-0.39, 0.29) is 23.9 Å². The van der Waals surface area contributed by atoms with Gasteiger partial charge in [-0.05, 0) is 25.5 Å². The van der Waals surface area contributed by atoms with Crippen LogP contribution in [-0.4, -0.2) is 61.6 Å². The lowest BCUT2D eigenvalue weighted by atomic mass is 9.96. The largest absolute Gasteiger partial charge is 0.507 e. The molecule has 1 aromatic carbocycles. The summed E-state index contributed by atoms with van der Waals surface area (Å²) in [4.78, 5) is 3.32. The molecule has 2 aliphatic heterocycles. The molecular weight excluding hydrogens is 393 g/mol. The summed E-state index contributed by atoms with van der Waals surface area (Å²) >= 11 is 1.33. The van der Waals surface area contributed by atoms with E-state index >= 15 is 0 Å². The monoisotopic (exact) mass is 413 g/mol. The average molecular weight is 413 g/mol. The maximum atomic E-state index is 14.8. The van der Waals surface area contributed by atoms with Crippen LogP contribution in [0.1, 0.15) is 12.1 Å². The Balaban J connectivity index is 1.38. The molecule has 2 N–H and O–H groups in total. The van der Waals surface area contributed by atoms with Crippen LogP contribution in [0.4, 0.5) is 9.52 Å². The first-order valence-corrected chi connectivity index (χ1v) is 10.2. The number of halogens is 1. The molecule has 8 nitrogen and oxygen atoms in total. The number of anilines is 1. The molecule has 0 spiro atoms. The van der Waals surface area contributed by atoms with Crippen LogP contribution in [0.25, 0.3) is 16.3 Å². The zero-order chi connectivity index (χ0) is 20.1. The Labute approximate surface area is 170 Å². The highest BCUT2D eigenvalue weighted by Gasteiger charge is 2.41. The Kier molecular flexibility index (Phi) is 4.32. The fourth-order valence-corrected chi connectivity index (χ4v) is 4.75. The Morgan fingerprint density at radius 2 is 2.17 bits per heavy atom. The number of hydrogen-bond acceptors (Lipinski definition) is 8. The molecule has 5 rings (SSSR count). The molecule has 1 saturated heterocycles. The fourth-order valence-electron chi connectivity index (χ4n) is 3.86. The number of phenolic OH excluding ortho intramolecular Hbond substituents is 1. The minimum absolute atomic E-state index is 0.0651. The van der Waals surface area contributed by atoms with E-state index in [0.717, 1.165) is 5.69 Å². The highest BCUT2D eigenvalue weighted by atomic mass is 32.1. The van der Waals surface area contributed by atoms with Gasteiger partial charge in [0.15, 0.2) is 5.01 Å². The highest BCUT2D eigenvalue weighted by Crippen LogP contribution is 2.37. The number of aromatic nitrogens is 5. The van der Waals surface area contributed by atoms with E-state index in [1.807, 2.05) is 37.1 Å². The van der Waals surface area contributed by atoms with Crippen LogP contribution >= 0.6 is 11.3 Å². The quantitative estimate of drug-likeness (QED) is 0.634. The molecule has 0 unspecified atom stereocenters. The number of benzene rings is 1. The summed E-state index contributed by atoms with van der Waals surface area (Å²) in [6.07, 6.45) is 5.25. The lowest BCUT2D eigenvalue weighted by Crippen LogP contribution is -2.56. The van der Waals surface area contributed by atoms with Crippen LogP contribution in [0.2, 0.25) is 0 Å². The van der Waals surface area contributed by atoms with Crippen molar-refractivity contribution >= 4 is 16.5 Å². The number of aryl methyl sites for hydroxylation is 1. The number of piperidine rings is 1. The Bertz CT molecular complexity index is 1080. The molecule has 2 aliphatic rings. The summed E-state index contributed by atoms with van der Waals surface area (Å²) in [6.45, 7) is 1.85. The number of fused-ring (bicyclic) bond motifs is 2. The van der Waals surface area contributed by atoms with Crippen molar-refractivity contribution in [3.63, 3.8) is 0 Å². The van der Waals surface area contributed by atoms with Crippen LogP contribution in [0.5, 0.6) is 5.75 Å². The second-order valence-corrected chi connectivity index (χ2v) is 8.36. The highest BCUT2D eigenvalue weighted by molar-refractivity contribution is 7.18. The van der Waals surface area contributed by atoms with E-state index in [2.05, 4.69) is 25.7 Å². The van der Waals surface area contributed by atoms with Crippen LogP contribution < -0.4 is 10.2 Å². The van der Waals surface area contributed by atoms with Crippen molar-refractivity contribution in [2.45, 2.75) is 37.6 Å². The molecule has 2 aromatic heterocycles. The molecule has 0 amide bonds. The van der Waals surface area contributed by atoms with Gasteiger partial charge in [0, 0.05) is 19.2 Å². The molecule has 150 valence electrons. The molecule has 0 saturated carbocycles. The van der Waals surface area contributed by atoms with E-state index in [1.165, 1.54) is 16.1 Å². The normalized spacial score (nSPS) is 25.5. The number of nitrogens with one attached hydrogen (secondary N) is 1. The summed E-state index contributed by atoms with van der Waals surface area (Å²) in [5.74, 6) is 0.0651. The van der Waals surface area contributed by atoms with Crippen molar-refractivity contribution < 1.29 is 9.50 Å². The zero-order valence-electron chi connectivity index (χ0n) is 15.9. The second kappa shape index (κ2) is 6.89. The lowest BCUT2D eigenvalue weighted by molar-refractivity contribution is 0.187. The molecule has 2 bridgehead atoms. The van der Waals surface area contributed by atoms with Crippen molar-refractivity contribution in [1.82, 2.24) is 30.5 Å². The van der Waals surface area contributed by atoms with Gasteiger partial charge in [0.05, 0.1) is 35.2 Å². The van der Waals surface area contributed by atoms with Crippen molar-refractivity contribution in [3.05, 3.63) is 42.2 Å². The van der Waals surface area contributed by atoms with Crippen molar-refractivity contribution in [3.8, 4) is 22.0 Å².